The minimum Gasteiger partial charge on any atom is -0.479 e. The summed E-state index contributed by atoms with van der Waals surface area (Å²) in [6, 6.07) is 0. The molecule has 0 N–H and O–H groups in total. The SMILES string of the molecule is CCO/C(C)=N/OCCCN1CCCCC1. The molecule has 0 aromatic rings. The van der Waals surface area contributed by atoms with Gasteiger partial charge in [-0.25, -0.2) is 0 Å². The van der Waals surface area contributed by atoms with E-state index in [0.717, 1.165) is 13.0 Å². The maximum atomic E-state index is 5.18. The van der Waals surface area contributed by atoms with E-state index in [1.54, 1.807) is 0 Å². The first-order valence-corrected chi connectivity index (χ1v) is 6.34. The van der Waals surface area contributed by atoms with Crippen molar-refractivity contribution < 1.29 is 9.57 Å². The third-order valence-electron chi connectivity index (χ3n) is 2.70. The molecule has 16 heavy (non-hydrogen) atoms. The molecule has 4 nitrogen and oxygen atoms in total. The van der Waals surface area contributed by atoms with Crippen LogP contribution in [0, 0.1) is 0 Å². The molecular formula is C12H24N2O2. The topological polar surface area (TPSA) is 34.1 Å². The largest absolute Gasteiger partial charge is 0.479 e. The van der Waals surface area contributed by atoms with Gasteiger partial charge in [0.2, 0.25) is 5.90 Å². The summed E-state index contributed by atoms with van der Waals surface area (Å²) in [4.78, 5) is 7.68. The fraction of sp³-hybridized carbons (Fsp3) is 0.917. The van der Waals surface area contributed by atoms with E-state index < -0.39 is 0 Å². The number of hydrogen-bond acceptors (Lipinski definition) is 4. The van der Waals surface area contributed by atoms with Gasteiger partial charge in [-0.05, 0) is 39.3 Å². The van der Waals surface area contributed by atoms with Crippen LogP contribution >= 0.6 is 0 Å². The van der Waals surface area contributed by atoms with E-state index in [-0.39, 0.29) is 0 Å². The van der Waals surface area contributed by atoms with Crippen molar-refractivity contribution >= 4 is 5.90 Å². The Morgan fingerprint density at radius 1 is 1.25 bits per heavy atom. The summed E-state index contributed by atoms with van der Waals surface area (Å²) >= 11 is 0. The number of piperidine rings is 1. The highest BCUT2D eigenvalue weighted by atomic mass is 16.6. The maximum Gasteiger partial charge on any atom is 0.222 e. The van der Waals surface area contributed by atoms with Crippen LogP contribution in [-0.4, -0.2) is 43.6 Å². The zero-order valence-electron chi connectivity index (χ0n) is 10.6. The van der Waals surface area contributed by atoms with Crippen molar-refractivity contribution in [3.63, 3.8) is 0 Å². The van der Waals surface area contributed by atoms with Gasteiger partial charge in [-0.3, -0.25) is 0 Å². The molecule has 1 aliphatic rings. The zero-order chi connectivity index (χ0) is 11.6. The van der Waals surface area contributed by atoms with Gasteiger partial charge in [0.05, 0.1) is 6.61 Å². The summed E-state index contributed by atoms with van der Waals surface area (Å²) in [5.41, 5.74) is 0. The monoisotopic (exact) mass is 228 g/mol. The summed E-state index contributed by atoms with van der Waals surface area (Å²) in [5.74, 6) is 0.612. The van der Waals surface area contributed by atoms with E-state index in [4.69, 9.17) is 9.57 Å². The molecule has 0 amide bonds. The molecule has 1 rings (SSSR count). The van der Waals surface area contributed by atoms with E-state index in [0.29, 0.717) is 19.1 Å². The van der Waals surface area contributed by atoms with Crippen LogP contribution in [0.5, 0.6) is 0 Å². The van der Waals surface area contributed by atoms with Gasteiger partial charge in [0.25, 0.3) is 0 Å². The van der Waals surface area contributed by atoms with Crippen LogP contribution in [0.15, 0.2) is 5.16 Å². The van der Waals surface area contributed by atoms with Gasteiger partial charge in [0.15, 0.2) is 0 Å². The van der Waals surface area contributed by atoms with Crippen LogP contribution in [0.2, 0.25) is 0 Å². The Labute approximate surface area is 98.6 Å². The Kier molecular flexibility index (Phi) is 6.97. The van der Waals surface area contributed by atoms with Crippen molar-refractivity contribution in [3.8, 4) is 0 Å². The van der Waals surface area contributed by atoms with Crippen LogP contribution in [0.25, 0.3) is 0 Å². The van der Waals surface area contributed by atoms with E-state index in [9.17, 15) is 0 Å². The third kappa shape index (κ3) is 5.95. The lowest BCUT2D eigenvalue weighted by Gasteiger charge is -2.25. The molecule has 1 saturated heterocycles. The molecule has 0 aromatic carbocycles. The van der Waals surface area contributed by atoms with Crippen LogP contribution in [0.3, 0.4) is 0 Å². The average molecular weight is 228 g/mol. The molecule has 0 saturated carbocycles. The molecule has 94 valence electrons. The van der Waals surface area contributed by atoms with Gasteiger partial charge in [0, 0.05) is 13.5 Å². The smallest absolute Gasteiger partial charge is 0.222 e. The molecule has 4 heteroatoms. The predicted molar refractivity (Wildman–Crippen MR) is 65.6 cm³/mol. The Hall–Kier alpha value is -0.770. The van der Waals surface area contributed by atoms with Crippen molar-refractivity contribution in [2.24, 2.45) is 5.16 Å². The Morgan fingerprint density at radius 2 is 2.00 bits per heavy atom. The summed E-state index contributed by atoms with van der Waals surface area (Å²) in [5, 5.41) is 3.87. The molecule has 1 heterocycles. The lowest BCUT2D eigenvalue weighted by molar-refractivity contribution is 0.115. The summed E-state index contributed by atoms with van der Waals surface area (Å²) in [6.07, 6.45) is 5.14. The second-order valence-electron chi connectivity index (χ2n) is 4.13. The first kappa shape index (κ1) is 13.3. The minimum atomic E-state index is 0.612. The quantitative estimate of drug-likeness (QED) is 0.303. The van der Waals surface area contributed by atoms with Crippen LogP contribution in [0.1, 0.15) is 39.5 Å². The number of ether oxygens (including phenoxy) is 1. The van der Waals surface area contributed by atoms with Crippen molar-refractivity contribution in [1.82, 2.24) is 4.90 Å². The molecular weight excluding hydrogens is 204 g/mol. The first-order chi connectivity index (χ1) is 7.83. The van der Waals surface area contributed by atoms with Gasteiger partial charge in [-0.15, -0.1) is 0 Å². The third-order valence-corrected chi connectivity index (χ3v) is 2.70. The van der Waals surface area contributed by atoms with Crippen LogP contribution in [-0.2, 0) is 9.57 Å². The van der Waals surface area contributed by atoms with Crippen LogP contribution < -0.4 is 0 Å². The van der Waals surface area contributed by atoms with Crippen molar-refractivity contribution in [3.05, 3.63) is 0 Å². The molecule has 0 aliphatic carbocycles. The van der Waals surface area contributed by atoms with E-state index in [1.165, 1.54) is 32.4 Å². The highest BCUT2D eigenvalue weighted by molar-refractivity contribution is 5.72. The number of oxime groups is 1. The average Bonchev–Trinajstić information content (AvgIpc) is 2.30. The van der Waals surface area contributed by atoms with Gasteiger partial charge < -0.3 is 14.5 Å². The Balaban J connectivity index is 1.96. The summed E-state index contributed by atoms with van der Waals surface area (Å²) in [7, 11) is 0. The lowest BCUT2D eigenvalue weighted by atomic mass is 10.1. The van der Waals surface area contributed by atoms with Gasteiger partial charge in [-0.1, -0.05) is 11.6 Å². The number of rotatable bonds is 6. The minimum absolute atomic E-state index is 0.612. The second-order valence-corrected chi connectivity index (χ2v) is 4.13. The predicted octanol–water partition coefficient (Wildman–Crippen LogP) is 2.25. The Morgan fingerprint density at radius 3 is 2.69 bits per heavy atom. The fourth-order valence-corrected chi connectivity index (χ4v) is 1.91. The molecule has 1 aliphatic heterocycles. The maximum absolute atomic E-state index is 5.18. The Bertz CT molecular complexity index is 201. The first-order valence-electron chi connectivity index (χ1n) is 6.34. The lowest BCUT2D eigenvalue weighted by Crippen LogP contribution is -2.31. The fourth-order valence-electron chi connectivity index (χ4n) is 1.91. The molecule has 0 unspecified atom stereocenters. The normalized spacial score (nSPS) is 18.5. The van der Waals surface area contributed by atoms with E-state index in [1.807, 2.05) is 13.8 Å². The molecule has 0 radical (unpaired) electrons. The summed E-state index contributed by atoms with van der Waals surface area (Å²) < 4.78 is 5.15. The second kappa shape index (κ2) is 8.39. The number of nitrogens with zero attached hydrogens (tertiary/aromatic N) is 2. The van der Waals surface area contributed by atoms with Crippen molar-refractivity contribution in [1.29, 1.82) is 0 Å². The molecule has 0 atom stereocenters. The van der Waals surface area contributed by atoms with E-state index >= 15 is 0 Å². The highest BCUT2D eigenvalue weighted by Crippen LogP contribution is 2.08. The van der Waals surface area contributed by atoms with Crippen molar-refractivity contribution in [2.75, 3.05) is 32.8 Å². The molecule has 0 aromatic heterocycles. The zero-order valence-corrected chi connectivity index (χ0v) is 10.6. The van der Waals surface area contributed by atoms with Gasteiger partial charge >= 0.3 is 0 Å². The summed E-state index contributed by atoms with van der Waals surface area (Å²) in [6.45, 7) is 8.71. The number of hydrogen-bond donors (Lipinski definition) is 0. The highest BCUT2D eigenvalue weighted by Gasteiger charge is 2.08. The standard InChI is InChI=1S/C12H24N2O2/c1-3-15-12(2)13-16-11-7-10-14-8-5-4-6-9-14/h3-11H2,1-2H3/b13-12+. The van der Waals surface area contributed by atoms with Crippen molar-refractivity contribution in [2.45, 2.75) is 39.5 Å². The number of likely N-dealkylation sites (tertiary alicyclic amines) is 1. The molecule has 1 fully saturated rings. The van der Waals surface area contributed by atoms with E-state index in [2.05, 4.69) is 10.1 Å². The molecule has 0 spiro atoms. The van der Waals surface area contributed by atoms with Crippen LogP contribution in [0.4, 0.5) is 0 Å². The molecule has 0 bridgehead atoms. The van der Waals surface area contributed by atoms with Gasteiger partial charge in [0.1, 0.15) is 6.61 Å². The van der Waals surface area contributed by atoms with Gasteiger partial charge in [-0.2, -0.15) is 0 Å².